The number of amides is 1. The molecule has 8 heteroatoms. The Morgan fingerprint density at radius 3 is 2.79 bits per heavy atom. The van der Waals surface area contributed by atoms with Gasteiger partial charge in [0, 0.05) is 18.8 Å². The van der Waals surface area contributed by atoms with Gasteiger partial charge >= 0.3 is 0 Å². The molecule has 3 rings (SSSR count). The number of halogens is 2. The normalized spacial score (nSPS) is 16.8. The highest BCUT2D eigenvalue weighted by Gasteiger charge is 2.17. The number of aromatic nitrogens is 2. The highest BCUT2D eigenvalue weighted by Crippen LogP contribution is 2.26. The number of benzene rings is 1. The highest BCUT2D eigenvalue weighted by atomic mass is 35.5. The Morgan fingerprint density at radius 2 is 2.12 bits per heavy atom. The highest BCUT2D eigenvalue weighted by molar-refractivity contribution is 6.42. The molecule has 2 N–H and O–H groups in total. The predicted molar refractivity (Wildman–Crippen MR) is 93.1 cm³/mol. The standard InChI is InChI=1S/C16H16Cl2N4O2/c17-12-4-3-10(6-13(12)18)22-15-9-19-14(8-20-15)16(23)21-7-11-2-1-5-24-11/h3-4,6,8-9,11H,1-2,5,7H2,(H,20,22)(H,21,23). The first-order chi connectivity index (χ1) is 11.6. The summed E-state index contributed by atoms with van der Waals surface area (Å²) in [7, 11) is 0. The van der Waals surface area contributed by atoms with Crippen molar-refractivity contribution in [1.82, 2.24) is 15.3 Å². The minimum Gasteiger partial charge on any atom is -0.376 e. The van der Waals surface area contributed by atoms with Crippen molar-refractivity contribution in [3.05, 3.63) is 46.3 Å². The fourth-order valence-corrected chi connectivity index (χ4v) is 2.63. The first kappa shape index (κ1) is 17.0. The van der Waals surface area contributed by atoms with Crippen LogP contribution in [0.5, 0.6) is 0 Å². The second-order valence-electron chi connectivity index (χ2n) is 5.39. The number of anilines is 2. The summed E-state index contributed by atoms with van der Waals surface area (Å²) in [6.07, 6.45) is 5.01. The molecule has 1 fully saturated rings. The van der Waals surface area contributed by atoms with Gasteiger partial charge in [-0.15, -0.1) is 0 Å². The lowest BCUT2D eigenvalue weighted by atomic mass is 10.2. The van der Waals surface area contributed by atoms with E-state index >= 15 is 0 Å². The Labute approximate surface area is 149 Å². The summed E-state index contributed by atoms with van der Waals surface area (Å²) in [6.45, 7) is 1.25. The molecule has 1 atom stereocenters. The summed E-state index contributed by atoms with van der Waals surface area (Å²) in [4.78, 5) is 20.3. The number of hydrogen-bond donors (Lipinski definition) is 2. The molecule has 24 heavy (non-hydrogen) atoms. The van der Waals surface area contributed by atoms with Gasteiger partial charge in [0.15, 0.2) is 0 Å². The molecular formula is C16H16Cl2N4O2. The van der Waals surface area contributed by atoms with E-state index in [9.17, 15) is 4.79 Å². The second kappa shape index (κ2) is 7.79. The quantitative estimate of drug-likeness (QED) is 0.847. The van der Waals surface area contributed by atoms with Crippen molar-refractivity contribution in [3.63, 3.8) is 0 Å². The molecule has 0 saturated carbocycles. The maximum Gasteiger partial charge on any atom is 0.271 e. The summed E-state index contributed by atoms with van der Waals surface area (Å²) >= 11 is 11.8. The fourth-order valence-electron chi connectivity index (χ4n) is 2.33. The topological polar surface area (TPSA) is 76.1 Å². The van der Waals surface area contributed by atoms with Crippen LogP contribution in [0.3, 0.4) is 0 Å². The van der Waals surface area contributed by atoms with Crippen LogP contribution in [-0.2, 0) is 4.74 Å². The van der Waals surface area contributed by atoms with Crippen LogP contribution in [0.4, 0.5) is 11.5 Å². The Bertz CT molecular complexity index is 719. The first-order valence-electron chi connectivity index (χ1n) is 7.56. The molecule has 0 aliphatic carbocycles. The van der Waals surface area contributed by atoms with Gasteiger partial charge in [-0.25, -0.2) is 9.97 Å². The Balaban J connectivity index is 1.57. The third-order valence-electron chi connectivity index (χ3n) is 3.59. The van der Waals surface area contributed by atoms with Crippen molar-refractivity contribution in [1.29, 1.82) is 0 Å². The molecule has 2 heterocycles. The largest absolute Gasteiger partial charge is 0.376 e. The number of nitrogens with one attached hydrogen (secondary N) is 2. The second-order valence-corrected chi connectivity index (χ2v) is 6.20. The average Bonchev–Trinajstić information content (AvgIpc) is 3.10. The molecule has 1 aliphatic rings. The average molecular weight is 367 g/mol. The van der Waals surface area contributed by atoms with Crippen LogP contribution in [0.15, 0.2) is 30.6 Å². The van der Waals surface area contributed by atoms with Gasteiger partial charge in [-0.1, -0.05) is 23.2 Å². The van der Waals surface area contributed by atoms with Gasteiger partial charge in [-0.2, -0.15) is 0 Å². The van der Waals surface area contributed by atoms with Crippen molar-refractivity contribution < 1.29 is 9.53 Å². The molecule has 1 aromatic carbocycles. The van der Waals surface area contributed by atoms with E-state index in [0.29, 0.717) is 22.4 Å². The van der Waals surface area contributed by atoms with E-state index in [0.717, 1.165) is 25.1 Å². The fraction of sp³-hybridized carbons (Fsp3) is 0.312. The molecule has 126 valence electrons. The van der Waals surface area contributed by atoms with Gasteiger partial charge in [0.2, 0.25) is 0 Å². The van der Waals surface area contributed by atoms with E-state index in [4.69, 9.17) is 27.9 Å². The third-order valence-corrected chi connectivity index (χ3v) is 4.33. The van der Waals surface area contributed by atoms with Crippen molar-refractivity contribution in [2.24, 2.45) is 0 Å². The van der Waals surface area contributed by atoms with Crippen molar-refractivity contribution in [3.8, 4) is 0 Å². The zero-order chi connectivity index (χ0) is 16.9. The van der Waals surface area contributed by atoms with Gasteiger partial charge in [-0.05, 0) is 31.0 Å². The lowest BCUT2D eigenvalue weighted by molar-refractivity contribution is 0.0853. The SMILES string of the molecule is O=C(NCC1CCCO1)c1cnc(Nc2ccc(Cl)c(Cl)c2)cn1. The van der Waals surface area contributed by atoms with Crippen molar-refractivity contribution >= 4 is 40.6 Å². The van der Waals surface area contributed by atoms with E-state index in [1.165, 1.54) is 12.4 Å². The van der Waals surface area contributed by atoms with Gasteiger partial charge in [0.25, 0.3) is 5.91 Å². The molecule has 0 spiro atoms. The predicted octanol–water partition coefficient (Wildman–Crippen LogP) is 3.44. The Kier molecular flexibility index (Phi) is 5.50. The Hall–Kier alpha value is -1.89. The van der Waals surface area contributed by atoms with Crippen LogP contribution in [0.25, 0.3) is 0 Å². The van der Waals surface area contributed by atoms with Gasteiger partial charge < -0.3 is 15.4 Å². The van der Waals surface area contributed by atoms with E-state index < -0.39 is 0 Å². The van der Waals surface area contributed by atoms with Crippen LogP contribution < -0.4 is 10.6 Å². The zero-order valence-corrected chi connectivity index (χ0v) is 14.3. The number of rotatable bonds is 5. The monoisotopic (exact) mass is 366 g/mol. The lowest BCUT2D eigenvalue weighted by Gasteiger charge is -2.10. The van der Waals surface area contributed by atoms with E-state index in [2.05, 4.69) is 20.6 Å². The first-order valence-corrected chi connectivity index (χ1v) is 8.31. The zero-order valence-electron chi connectivity index (χ0n) is 12.8. The minimum absolute atomic E-state index is 0.0949. The number of hydrogen-bond acceptors (Lipinski definition) is 5. The maximum absolute atomic E-state index is 12.0. The van der Waals surface area contributed by atoms with Crippen molar-refractivity contribution in [2.75, 3.05) is 18.5 Å². The number of carbonyl (C=O) groups excluding carboxylic acids is 1. The van der Waals surface area contributed by atoms with Gasteiger partial charge in [0.1, 0.15) is 11.5 Å². The Morgan fingerprint density at radius 1 is 1.25 bits per heavy atom. The summed E-state index contributed by atoms with van der Waals surface area (Å²) < 4.78 is 5.46. The van der Waals surface area contributed by atoms with Crippen LogP contribution in [0.1, 0.15) is 23.3 Å². The molecule has 2 aromatic rings. The van der Waals surface area contributed by atoms with E-state index in [1.54, 1.807) is 18.2 Å². The molecular weight excluding hydrogens is 351 g/mol. The molecule has 1 aromatic heterocycles. The smallest absolute Gasteiger partial charge is 0.271 e. The summed E-state index contributed by atoms with van der Waals surface area (Å²) in [5, 5.41) is 6.77. The van der Waals surface area contributed by atoms with E-state index in [-0.39, 0.29) is 17.7 Å². The summed E-state index contributed by atoms with van der Waals surface area (Å²) in [5.74, 6) is 0.239. The van der Waals surface area contributed by atoms with Crippen LogP contribution >= 0.6 is 23.2 Å². The van der Waals surface area contributed by atoms with Crippen LogP contribution in [-0.4, -0.2) is 35.1 Å². The van der Waals surface area contributed by atoms with Crippen LogP contribution in [0.2, 0.25) is 10.0 Å². The molecule has 6 nitrogen and oxygen atoms in total. The van der Waals surface area contributed by atoms with Gasteiger partial charge in [0.05, 0.1) is 28.5 Å². The number of nitrogens with zero attached hydrogens (tertiary/aromatic N) is 2. The molecule has 0 radical (unpaired) electrons. The van der Waals surface area contributed by atoms with E-state index in [1.807, 2.05) is 0 Å². The molecule has 0 bridgehead atoms. The number of carbonyl (C=O) groups is 1. The van der Waals surface area contributed by atoms with Gasteiger partial charge in [-0.3, -0.25) is 4.79 Å². The van der Waals surface area contributed by atoms with Crippen LogP contribution in [0, 0.1) is 0 Å². The number of ether oxygens (including phenoxy) is 1. The summed E-state index contributed by atoms with van der Waals surface area (Å²) in [6, 6.07) is 5.15. The van der Waals surface area contributed by atoms with Crippen molar-refractivity contribution in [2.45, 2.75) is 18.9 Å². The molecule has 1 unspecified atom stereocenters. The molecule has 1 aliphatic heterocycles. The maximum atomic E-state index is 12.0. The third kappa shape index (κ3) is 4.35. The lowest BCUT2D eigenvalue weighted by Crippen LogP contribution is -2.32. The minimum atomic E-state index is -0.265. The molecule has 1 amide bonds. The molecule has 1 saturated heterocycles. The summed E-state index contributed by atoms with van der Waals surface area (Å²) in [5.41, 5.74) is 0.988.